The molecule has 0 heterocycles. The van der Waals surface area contributed by atoms with Crippen molar-refractivity contribution in [2.45, 2.75) is 251 Å². The number of carbonyl (C=O) groups excluding carboxylic acids is 2. The van der Waals surface area contributed by atoms with Crippen LogP contribution in [-0.2, 0) is 32.7 Å². The van der Waals surface area contributed by atoms with E-state index in [0.29, 0.717) is 12.8 Å². The lowest BCUT2D eigenvalue weighted by molar-refractivity contribution is -0.161. The molecule has 0 aromatic heterocycles. The Morgan fingerprint density at radius 3 is 1.05 bits per heavy atom. The summed E-state index contributed by atoms with van der Waals surface area (Å²) in [5.74, 6) is -0.847. The molecule has 3 N–H and O–H groups in total. The van der Waals surface area contributed by atoms with Gasteiger partial charge in [-0.3, -0.25) is 18.6 Å². The molecule has 2 atom stereocenters. The number of hydrogen-bond acceptors (Lipinski definition) is 8. The largest absolute Gasteiger partial charge is 0.472 e. The van der Waals surface area contributed by atoms with Gasteiger partial charge in [0.05, 0.1) is 13.2 Å². The van der Waals surface area contributed by atoms with E-state index in [1.807, 2.05) is 0 Å². The molecule has 0 rings (SSSR count). The predicted octanol–water partition coefficient (Wildman–Crippen LogP) is 18.6. The zero-order valence-corrected chi connectivity index (χ0v) is 47.5. The lowest BCUT2D eigenvalue weighted by Crippen LogP contribution is -2.29. The zero-order chi connectivity index (χ0) is 53.1. The van der Waals surface area contributed by atoms with Gasteiger partial charge in [0, 0.05) is 19.4 Å². The van der Waals surface area contributed by atoms with Crippen LogP contribution in [0.2, 0.25) is 0 Å². The minimum absolute atomic E-state index is 0.0474. The van der Waals surface area contributed by atoms with E-state index < -0.39 is 32.5 Å². The first kappa shape index (κ1) is 69.7. The molecule has 0 radical (unpaired) electrons. The Morgan fingerprint density at radius 2 is 0.712 bits per heavy atom. The van der Waals surface area contributed by atoms with Gasteiger partial charge in [-0.2, -0.15) is 0 Å². The summed E-state index contributed by atoms with van der Waals surface area (Å²) in [4.78, 5) is 35.1. The number of rotatable bonds is 54. The van der Waals surface area contributed by atoms with Crippen molar-refractivity contribution >= 4 is 19.8 Å². The van der Waals surface area contributed by atoms with Crippen molar-refractivity contribution in [2.75, 3.05) is 26.4 Å². The standard InChI is InChI=1S/C63H108NO8P/c1-3-5-7-9-11-13-15-17-19-20-21-22-23-24-25-26-27-28-29-30-31-32-33-34-35-36-37-38-39-40-42-44-46-48-50-52-54-56-63(66)72-61(60-71-73(67,68)70-58-57-64)59-69-62(65)55-53-51-49-47-45-43-41-18-16-14-12-10-8-6-4-2/h5-8,11-14,17-19,21-22,24-25,27-28,41,61H,3-4,9-10,15-16,20,23,26,29-40,42-60,64H2,1-2H3,(H,67,68)/b7-5-,8-6-,13-11-,14-12-,19-17-,22-21-,25-24-,28-27-,41-18-. The molecular weight excluding hydrogens is 930 g/mol. The summed E-state index contributed by atoms with van der Waals surface area (Å²) >= 11 is 0. The van der Waals surface area contributed by atoms with Gasteiger partial charge in [0.15, 0.2) is 6.10 Å². The highest BCUT2D eigenvalue weighted by molar-refractivity contribution is 7.47. The summed E-state index contributed by atoms with van der Waals surface area (Å²) in [5, 5.41) is 0. The van der Waals surface area contributed by atoms with Gasteiger partial charge < -0.3 is 20.1 Å². The fourth-order valence-corrected chi connectivity index (χ4v) is 8.65. The second-order valence-corrected chi connectivity index (χ2v) is 20.6. The minimum atomic E-state index is -4.39. The molecule has 0 saturated carbocycles. The smallest absolute Gasteiger partial charge is 0.462 e. The summed E-state index contributed by atoms with van der Waals surface area (Å²) in [6.07, 6.45) is 78.8. The molecule has 2 unspecified atom stereocenters. The SMILES string of the molecule is CC/C=C\C/C=C\C/C=C\C/C=C\C/C=C\C/C=C\CCCCCCCCCCCCCCCCCCCCC(=O)OC(COC(=O)CCCCCCC/C=C\C/C=C\C/C=C\CC)COP(=O)(O)OCCN. The third-order valence-corrected chi connectivity index (χ3v) is 13.1. The number of phosphoric ester groups is 1. The van der Waals surface area contributed by atoms with Crippen LogP contribution in [0.1, 0.15) is 245 Å². The highest BCUT2D eigenvalue weighted by Crippen LogP contribution is 2.43. The molecule has 0 amide bonds. The number of carbonyl (C=O) groups is 2. The maximum atomic E-state index is 12.7. The van der Waals surface area contributed by atoms with E-state index in [1.165, 1.54) is 96.3 Å². The number of nitrogens with two attached hydrogens (primary N) is 1. The second kappa shape index (κ2) is 57.9. The van der Waals surface area contributed by atoms with Crippen molar-refractivity contribution in [1.82, 2.24) is 0 Å². The molecule has 0 aliphatic rings. The van der Waals surface area contributed by atoms with Gasteiger partial charge in [0.2, 0.25) is 0 Å². The molecule has 418 valence electrons. The summed E-state index contributed by atoms with van der Waals surface area (Å²) in [7, 11) is -4.39. The van der Waals surface area contributed by atoms with E-state index >= 15 is 0 Å². The van der Waals surface area contributed by atoms with E-state index in [0.717, 1.165) is 109 Å². The third-order valence-electron chi connectivity index (χ3n) is 12.2. The van der Waals surface area contributed by atoms with E-state index in [-0.39, 0.29) is 32.6 Å². The second-order valence-electron chi connectivity index (χ2n) is 19.1. The molecule has 0 aliphatic heterocycles. The fraction of sp³-hybridized carbons (Fsp3) is 0.683. The van der Waals surface area contributed by atoms with Crippen molar-refractivity contribution in [3.63, 3.8) is 0 Å². The first-order valence-corrected chi connectivity index (χ1v) is 30.9. The average Bonchev–Trinajstić information content (AvgIpc) is 3.38. The van der Waals surface area contributed by atoms with Crippen LogP contribution in [0.15, 0.2) is 109 Å². The van der Waals surface area contributed by atoms with Crippen LogP contribution in [-0.4, -0.2) is 49.3 Å². The zero-order valence-electron chi connectivity index (χ0n) is 46.6. The van der Waals surface area contributed by atoms with Crippen LogP contribution in [0.4, 0.5) is 0 Å². The molecule has 0 bridgehead atoms. The van der Waals surface area contributed by atoms with E-state index in [4.69, 9.17) is 24.3 Å². The van der Waals surface area contributed by atoms with Crippen LogP contribution < -0.4 is 5.73 Å². The van der Waals surface area contributed by atoms with Gasteiger partial charge in [-0.25, -0.2) is 4.57 Å². The summed E-state index contributed by atoms with van der Waals surface area (Å²) in [6.45, 7) is 3.50. The normalized spacial score (nSPS) is 13.9. The molecule has 0 saturated heterocycles. The van der Waals surface area contributed by atoms with Crippen molar-refractivity contribution in [3.8, 4) is 0 Å². The van der Waals surface area contributed by atoms with Crippen LogP contribution in [0.3, 0.4) is 0 Å². The monoisotopic (exact) mass is 1040 g/mol. The quantitative estimate of drug-likeness (QED) is 0.0264. The van der Waals surface area contributed by atoms with Gasteiger partial charge >= 0.3 is 19.8 Å². The Bertz CT molecular complexity index is 1560. The third kappa shape index (κ3) is 57.8. The highest BCUT2D eigenvalue weighted by Gasteiger charge is 2.26. The van der Waals surface area contributed by atoms with Crippen molar-refractivity contribution < 1.29 is 37.6 Å². The van der Waals surface area contributed by atoms with Gasteiger partial charge in [-0.05, 0) is 96.3 Å². The lowest BCUT2D eigenvalue weighted by Gasteiger charge is -2.19. The fourth-order valence-electron chi connectivity index (χ4n) is 7.89. The maximum Gasteiger partial charge on any atom is 0.472 e. The minimum Gasteiger partial charge on any atom is -0.462 e. The molecule has 9 nitrogen and oxygen atoms in total. The van der Waals surface area contributed by atoms with Gasteiger partial charge in [-0.15, -0.1) is 0 Å². The number of ether oxygens (including phenoxy) is 2. The number of esters is 2. The van der Waals surface area contributed by atoms with E-state index in [1.54, 1.807) is 0 Å². The van der Waals surface area contributed by atoms with Crippen molar-refractivity contribution in [1.29, 1.82) is 0 Å². The number of allylic oxidation sites excluding steroid dienone is 18. The topological polar surface area (TPSA) is 134 Å². The van der Waals surface area contributed by atoms with E-state index in [2.05, 4.69) is 123 Å². The molecule has 0 aliphatic carbocycles. The van der Waals surface area contributed by atoms with Gasteiger partial charge in [0.25, 0.3) is 0 Å². The molecule has 0 spiro atoms. The van der Waals surface area contributed by atoms with Gasteiger partial charge in [-0.1, -0.05) is 245 Å². The van der Waals surface area contributed by atoms with Crippen LogP contribution >= 0.6 is 7.82 Å². The number of unbranched alkanes of at least 4 members (excludes halogenated alkanes) is 23. The lowest BCUT2D eigenvalue weighted by atomic mass is 10.0. The van der Waals surface area contributed by atoms with E-state index in [9.17, 15) is 19.0 Å². The Morgan fingerprint density at radius 1 is 0.411 bits per heavy atom. The molecule has 73 heavy (non-hydrogen) atoms. The first-order chi connectivity index (χ1) is 35.8. The molecule has 0 aromatic rings. The summed E-state index contributed by atoms with van der Waals surface area (Å²) in [6, 6.07) is 0. The summed E-state index contributed by atoms with van der Waals surface area (Å²) < 4.78 is 33.0. The molecule has 10 heteroatoms. The van der Waals surface area contributed by atoms with Crippen LogP contribution in [0.5, 0.6) is 0 Å². The van der Waals surface area contributed by atoms with Gasteiger partial charge in [0.1, 0.15) is 6.61 Å². The van der Waals surface area contributed by atoms with Crippen molar-refractivity contribution in [3.05, 3.63) is 109 Å². The maximum absolute atomic E-state index is 12.7. The van der Waals surface area contributed by atoms with Crippen LogP contribution in [0, 0.1) is 0 Å². The molecule has 0 aromatic carbocycles. The number of phosphoric acid groups is 1. The molecule has 0 fully saturated rings. The molecular formula is C63H108NO8P. The summed E-state index contributed by atoms with van der Waals surface area (Å²) in [5.41, 5.74) is 5.37. The number of hydrogen-bond donors (Lipinski definition) is 2. The van der Waals surface area contributed by atoms with Crippen LogP contribution in [0.25, 0.3) is 0 Å². The average molecular weight is 1040 g/mol. The van der Waals surface area contributed by atoms with Crippen molar-refractivity contribution in [2.24, 2.45) is 5.73 Å². The Balaban J connectivity index is 3.88. The Kier molecular flexibility index (Phi) is 55.3. The Labute approximate surface area is 448 Å². The highest BCUT2D eigenvalue weighted by atomic mass is 31.2. The predicted molar refractivity (Wildman–Crippen MR) is 311 cm³/mol. The Hall–Kier alpha value is -3.33. The first-order valence-electron chi connectivity index (χ1n) is 29.4.